The number of aliphatic hydroxyl groups excluding tert-OH is 2. The van der Waals surface area contributed by atoms with Crippen molar-refractivity contribution in [1.82, 2.24) is 0 Å². The molecule has 0 saturated carbocycles. The molecule has 0 spiro atoms. The third kappa shape index (κ3) is 5.76. The molecule has 4 heteroatoms. The Kier molecular flexibility index (Phi) is 6.69. The Morgan fingerprint density at radius 1 is 1.24 bits per heavy atom. The van der Waals surface area contributed by atoms with Gasteiger partial charge in [-0.15, -0.1) is 0 Å². The van der Waals surface area contributed by atoms with E-state index < -0.39 is 12.1 Å². The number of hydrogen-bond donors (Lipinski definition) is 2. The molecule has 0 bridgehead atoms. The van der Waals surface area contributed by atoms with E-state index in [0.29, 0.717) is 0 Å². The van der Waals surface area contributed by atoms with E-state index in [2.05, 4.69) is 0 Å². The highest BCUT2D eigenvalue weighted by Gasteiger charge is 2.17. The lowest BCUT2D eigenvalue weighted by Gasteiger charge is -2.20. The molecular weight excluding hydrogens is 268 g/mol. The summed E-state index contributed by atoms with van der Waals surface area (Å²) in [6.07, 6.45) is 7.25. The first kappa shape index (κ1) is 17.5. The molecule has 4 nitrogen and oxygen atoms in total. The van der Waals surface area contributed by atoms with Gasteiger partial charge in [-0.05, 0) is 38.2 Å². The minimum Gasteiger partial charge on any atom is -0.511 e. The number of allylic oxidation sites excluding steroid dienone is 2. The zero-order valence-corrected chi connectivity index (χ0v) is 13.2. The van der Waals surface area contributed by atoms with E-state index in [1.165, 1.54) is 0 Å². The molecule has 0 aromatic heterocycles. The van der Waals surface area contributed by atoms with Crippen LogP contribution in [0.2, 0.25) is 0 Å². The van der Waals surface area contributed by atoms with E-state index in [1.807, 2.05) is 26.8 Å². The van der Waals surface area contributed by atoms with Gasteiger partial charge in [0.25, 0.3) is 0 Å². The van der Waals surface area contributed by atoms with Crippen LogP contribution in [0, 0.1) is 11.8 Å². The molecule has 0 radical (unpaired) electrons. The molecule has 0 fully saturated rings. The van der Waals surface area contributed by atoms with Crippen LogP contribution in [0.1, 0.15) is 40.5 Å². The Hall–Kier alpha value is -1.55. The molecule has 2 N–H and O–H groups in total. The average Bonchev–Trinajstić information content (AvgIpc) is 2.42. The smallest absolute Gasteiger partial charge is 0.334 e. The fourth-order valence-electron chi connectivity index (χ4n) is 2.04. The van der Waals surface area contributed by atoms with Gasteiger partial charge in [-0.25, -0.2) is 4.79 Å². The van der Waals surface area contributed by atoms with Gasteiger partial charge in [0, 0.05) is 5.92 Å². The molecule has 0 aromatic rings. The van der Waals surface area contributed by atoms with Crippen LogP contribution in [0.5, 0.6) is 0 Å². The van der Waals surface area contributed by atoms with E-state index in [-0.39, 0.29) is 23.7 Å². The maximum Gasteiger partial charge on any atom is 0.334 e. The molecule has 0 aliphatic carbocycles. The standard InChI is InChI=1S/C17H26O4/c1-11-6-5-7-12(2)15(18)9-8-13(3)16(19)10-17(20)21-14(11)4/h7-11,13-15,18-19H,5-6H2,1-4H3. The van der Waals surface area contributed by atoms with Crippen LogP contribution in [-0.2, 0) is 9.53 Å². The van der Waals surface area contributed by atoms with Gasteiger partial charge in [0.2, 0.25) is 0 Å². The van der Waals surface area contributed by atoms with Crippen LogP contribution < -0.4 is 0 Å². The number of cyclic esters (lactones) is 1. The zero-order valence-electron chi connectivity index (χ0n) is 13.2. The number of hydrogen-bond acceptors (Lipinski definition) is 4. The number of rotatable bonds is 0. The molecule has 4 unspecified atom stereocenters. The molecule has 4 atom stereocenters. The predicted molar refractivity (Wildman–Crippen MR) is 82.7 cm³/mol. The monoisotopic (exact) mass is 294 g/mol. The second-order valence-electron chi connectivity index (χ2n) is 5.83. The van der Waals surface area contributed by atoms with Gasteiger partial charge < -0.3 is 14.9 Å². The summed E-state index contributed by atoms with van der Waals surface area (Å²) in [5, 5.41) is 19.9. The molecule has 1 aliphatic heterocycles. The van der Waals surface area contributed by atoms with E-state index in [9.17, 15) is 15.0 Å². The number of carbonyl (C=O) groups is 1. The zero-order chi connectivity index (χ0) is 16.0. The normalized spacial score (nSPS) is 32.7. The summed E-state index contributed by atoms with van der Waals surface area (Å²) in [4.78, 5) is 11.7. The summed E-state index contributed by atoms with van der Waals surface area (Å²) in [7, 11) is 0. The molecule has 1 rings (SSSR count). The lowest BCUT2D eigenvalue weighted by molar-refractivity contribution is -0.144. The highest BCUT2D eigenvalue weighted by Crippen LogP contribution is 2.18. The molecule has 21 heavy (non-hydrogen) atoms. The molecule has 0 amide bonds. The van der Waals surface area contributed by atoms with Crippen molar-refractivity contribution < 1.29 is 19.7 Å². The van der Waals surface area contributed by atoms with Crippen LogP contribution in [-0.4, -0.2) is 28.4 Å². The highest BCUT2D eigenvalue weighted by molar-refractivity contribution is 5.82. The van der Waals surface area contributed by atoms with E-state index in [0.717, 1.165) is 24.5 Å². The maximum absolute atomic E-state index is 11.7. The third-order valence-corrected chi connectivity index (χ3v) is 3.97. The van der Waals surface area contributed by atoms with Gasteiger partial charge in [-0.1, -0.05) is 32.1 Å². The molecule has 1 heterocycles. The highest BCUT2D eigenvalue weighted by atomic mass is 16.5. The summed E-state index contributed by atoms with van der Waals surface area (Å²) >= 11 is 0. The second kappa shape index (κ2) is 8.03. The first-order chi connectivity index (χ1) is 9.81. The Morgan fingerprint density at radius 3 is 2.57 bits per heavy atom. The van der Waals surface area contributed by atoms with Crippen LogP contribution in [0.15, 0.2) is 35.6 Å². The van der Waals surface area contributed by atoms with Crippen molar-refractivity contribution in [3.05, 3.63) is 35.6 Å². The molecule has 0 aromatic carbocycles. The third-order valence-electron chi connectivity index (χ3n) is 3.97. The first-order valence-corrected chi connectivity index (χ1v) is 7.45. The number of carbonyl (C=O) groups excluding carboxylic acids is 1. The van der Waals surface area contributed by atoms with Crippen molar-refractivity contribution in [2.45, 2.75) is 52.7 Å². The first-order valence-electron chi connectivity index (χ1n) is 7.45. The minimum atomic E-state index is -0.664. The van der Waals surface area contributed by atoms with Gasteiger partial charge in [0.1, 0.15) is 11.9 Å². The van der Waals surface area contributed by atoms with Gasteiger partial charge in [-0.2, -0.15) is 0 Å². The Balaban J connectivity index is 2.98. The topological polar surface area (TPSA) is 66.8 Å². The maximum atomic E-state index is 11.7. The fourth-order valence-corrected chi connectivity index (χ4v) is 2.04. The largest absolute Gasteiger partial charge is 0.511 e. The van der Waals surface area contributed by atoms with Crippen molar-refractivity contribution in [3.8, 4) is 0 Å². The van der Waals surface area contributed by atoms with Crippen molar-refractivity contribution >= 4 is 5.97 Å². The van der Waals surface area contributed by atoms with Crippen molar-refractivity contribution in [3.63, 3.8) is 0 Å². The Labute approximate surface area is 126 Å². The van der Waals surface area contributed by atoms with Crippen LogP contribution in [0.4, 0.5) is 0 Å². The van der Waals surface area contributed by atoms with Crippen LogP contribution in [0.25, 0.3) is 0 Å². The summed E-state index contributed by atoms with van der Waals surface area (Å²) in [5.74, 6) is -0.740. The molecule has 1 aliphatic rings. The van der Waals surface area contributed by atoms with E-state index in [1.54, 1.807) is 19.1 Å². The van der Waals surface area contributed by atoms with Crippen molar-refractivity contribution in [1.29, 1.82) is 0 Å². The number of aliphatic hydroxyl groups is 2. The van der Waals surface area contributed by atoms with Crippen LogP contribution >= 0.6 is 0 Å². The summed E-state index contributed by atoms with van der Waals surface area (Å²) < 4.78 is 5.30. The SMILES string of the molecule is CC1=CCCC(C)C(C)OC(=O)C=C(O)C(C)C=CC1O. The summed E-state index contributed by atoms with van der Waals surface area (Å²) in [6, 6.07) is 0. The lowest BCUT2D eigenvalue weighted by atomic mass is 9.98. The van der Waals surface area contributed by atoms with Gasteiger partial charge in [0.15, 0.2) is 0 Å². The molecular formula is C17H26O4. The van der Waals surface area contributed by atoms with Gasteiger partial charge >= 0.3 is 5.97 Å². The number of esters is 1. The van der Waals surface area contributed by atoms with Gasteiger partial charge in [-0.3, -0.25) is 0 Å². The lowest BCUT2D eigenvalue weighted by Crippen LogP contribution is -2.21. The summed E-state index contributed by atoms with van der Waals surface area (Å²) in [6.45, 7) is 7.51. The second-order valence-corrected chi connectivity index (χ2v) is 5.83. The molecule has 118 valence electrons. The minimum absolute atomic E-state index is 0.0676. The van der Waals surface area contributed by atoms with Crippen molar-refractivity contribution in [2.24, 2.45) is 11.8 Å². The summed E-state index contributed by atoms with van der Waals surface area (Å²) in [5.41, 5.74) is 0.885. The van der Waals surface area contributed by atoms with E-state index >= 15 is 0 Å². The fraction of sp³-hybridized carbons (Fsp3) is 0.588. The molecule has 0 saturated heterocycles. The van der Waals surface area contributed by atoms with Crippen molar-refractivity contribution in [2.75, 3.05) is 0 Å². The average molecular weight is 294 g/mol. The van der Waals surface area contributed by atoms with E-state index in [4.69, 9.17) is 4.74 Å². The van der Waals surface area contributed by atoms with Crippen LogP contribution in [0.3, 0.4) is 0 Å². The van der Waals surface area contributed by atoms with Gasteiger partial charge in [0.05, 0.1) is 12.2 Å². The quantitative estimate of drug-likeness (QED) is 0.531. The Morgan fingerprint density at radius 2 is 1.90 bits per heavy atom. The predicted octanol–water partition coefficient (Wildman–Crippen LogP) is 3.29. The number of ether oxygens (including phenoxy) is 1. The Bertz CT molecular complexity index is 448.